The molecule has 1 unspecified atom stereocenters. The predicted octanol–water partition coefficient (Wildman–Crippen LogP) is 1.19. The van der Waals surface area contributed by atoms with E-state index in [1.165, 1.54) is 0 Å². The molecule has 122 valence electrons. The first-order valence-electron chi connectivity index (χ1n) is 7.96. The van der Waals surface area contributed by atoms with Crippen molar-refractivity contribution >= 4 is 22.7 Å². The normalized spacial score (nSPS) is 17.9. The largest absolute Gasteiger partial charge is 0.368 e. The van der Waals surface area contributed by atoms with Crippen molar-refractivity contribution in [2.45, 2.75) is 19.4 Å². The van der Waals surface area contributed by atoms with Gasteiger partial charge >= 0.3 is 0 Å². The molecular weight excluding hydrogens is 292 g/mol. The van der Waals surface area contributed by atoms with E-state index in [1.807, 2.05) is 41.0 Å². The summed E-state index contributed by atoms with van der Waals surface area (Å²) in [6, 6.07) is 7.51. The van der Waals surface area contributed by atoms with Gasteiger partial charge in [-0.05, 0) is 19.4 Å². The zero-order chi connectivity index (χ0) is 16.4. The number of carbonyl (C=O) groups is 2. The molecule has 23 heavy (non-hydrogen) atoms. The SMILES string of the molecule is CC(C(N)=O)N1CCCN(C(=O)c2c[nH]c3ccccc23)CC1. The second-order valence-electron chi connectivity index (χ2n) is 6.01. The Morgan fingerprint density at radius 3 is 2.74 bits per heavy atom. The van der Waals surface area contributed by atoms with Gasteiger partial charge in [0.25, 0.3) is 5.91 Å². The first-order valence-corrected chi connectivity index (χ1v) is 7.96. The van der Waals surface area contributed by atoms with Crippen LogP contribution in [0.1, 0.15) is 23.7 Å². The number of nitrogens with one attached hydrogen (secondary N) is 1. The van der Waals surface area contributed by atoms with Gasteiger partial charge in [-0.15, -0.1) is 0 Å². The highest BCUT2D eigenvalue weighted by molar-refractivity contribution is 6.06. The van der Waals surface area contributed by atoms with Gasteiger partial charge in [-0.1, -0.05) is 18.2 Å². The molecule has 2 aromatic rings. The number of aromatic amines is 1. The van der Waals surface area contributed by atoms with Crippen molar-refractivity contribution in [1.29, 1.82) is 0 Å². The Labute approximate surface area is 135 Å². The Morgan fingerprint density at radius 2 is 1.96 bits per heavy atom. The topological polar surface area (TPSA) is 82.4 Å². The maximum atomic E-state index is 12.8. The van der Waals surface area contributed by atoms with Gasteiger partial charge in [-0.2, -0.15) is 0 Å². The monoisotopic (exact) mass is 314 g/mol. The Bertz CT molecular complexity index is 724. The second-order valence-corrected chi connectivity index (χ2v) is 6.01. The summed E-state index contributed by atoms with van der Waals surface area (Å²) in [5, 5.41) is 0.948. The Morgan fingerprint density at radius 1 is 1.17 bits per heavy atom. The average Bonchev–Trinajstić information content (AvgIpc) is 2.82. The third kappa shape index (κ3) is 3.07. The smallest absolute Gasteiger partial charge is 0.256 e. The number of carbonyl (C=O) groups excluding carboxylic acids is 2. The van der Waals surface area contributed by atoms with E-state index in [2.05, 4.69) is 4.98 Å². The fraction of sp³-hybridized carbons (Fsp3) is 0.412. The minimum absolute atomic E-state index is 0.0380. The van der Waals surface area contributed by atoms with Crippen LogP contribution in [0.2, 0.25) is 0 Å². The first kappa shape index (κ1) is 15.6. The number of fused-ring (bicyclic) bond motifs is 1. The highest BCUT2D eigenvalue weighted by Gasteiger charge is 2.25. The van der Waals surface area contributed by atoms with E-state index in [0.29, 0.717) is 25.2 Å². The van der Waals surface area contributed by atoms with Crippen molar-refractivity contribution in [3.63, 3.8) is 0 Å². The van der Waals surface area contributed by atoms with Crippen LogP contribution >= 0.6 is 0 Å². The third-order valence-electron chi connectivity index (χ3n) is 4.60. The summed E-state index contributed by atoms with van der Waals surface area (Å²) in [4.78, 5) is 31.2. The molecule has 1 saturated heterocycles. The van der Waals surface area contributed by atoms with Crippen molar-refractivity contribution in [3.05, 3.63) is 36.0 Å². The summed E-state index contributed by atoms with van der Waals surface area (Å²) in [5.41, 5.74) is 7.06. The number of hydrogen-bond donors (Lipinski definition) is 2. The number of para-hydroxylation sites is 1. The summed E-state index contributed by atoms with van der Waals surface area (Å²) < 4.78 is 0. The lowest BCUT2D eigenvalue weighted by molar-refractivity contribution is -0.122. The van der Waals surface area contributed by atoms with Crippen LogP contribution in [0, 0.1) is 0 Å². The summed E-state index contributed by atoms with van der Waals surface area (Å²) >= 11 is 0. The molecule has 0 aliphatic carbocycles. The molecule has 1 atom stereocenters. The van der Waals surface area contributed by atoms with Gasteiger partial charge in [-0.3, -0.25) is 14.5 Å². The van der Waals surface area contributed by atoms with E-state index in [-0.39, 0.29) is 17.9 Å². The van der Waals surface area contributed by atoms with Crippen LogP contribution in [0.15, 0.2) is 30.5 Å². The van der Waals surface area contributed by atoms with Gasteiger partial charge in [0.2, 0.25) is 5.91 Å². The number of amides is 2. The van der Waals surface area contributed by atoms with Gasteiger partial charge < -0.3 is 15.6 Å². The lowest BCUT2D eigenvalue weighted by Crippen LogP contribution is -2.44. The summed E-state index contributed by atoms with van der Waals surface area (Å²) in [5.74, 6) is -0.280. The van der Waals surface area contributed by atoms with Crippen LogP contribution in [0.5, 0.6) is 0 Å². The van der Waals surface area contributed by atoms with Crippen LogP contribution < -0.4 is 5.73 Å². The Kier molecular flexibility index (Phi) is 4.34. The zero-order valence-corrected chi connectivity index (χ0v) is 13.3. The third-order valence-corrected chi connectivity index (χ3v) is 4.60. The molecule has 3 N–H and O–H groups in total. The summed E-state index contributed by atoms with van der Waals surface area (Å²) in [7, 11) is 0. The maximum absolute atomic E-state index is 12.8. The molecule has 0 spiro atoms. The predicted molar refractivity (Wildman–Crippen MR) is 89.0 cm³/mol. The molecule has 1 aliphatic rings. The van der Waals surface area contributed by atoms with Crippen molar-refractivity contribution in [2.24, 2.45) is 5.73 Å². The molecule has 3 rings (SSSR count). The van der Waals surface area contributed by atoms with Gasteiger partial charge in [0.1, 0.15) is 0 Å². The molecule has 1 aromatic carbocycles. The molecule has 1 aliphatic heterocycles. The number of hydrogen-bond acceptors (Lipinski definition) is 3. The Hall–Kier alpha value is -2.34. The highest BCUT2D eigenvalue weighted by Crippen LogP contribution is 2.20. The summed E-state index contributed by atoms with van der Waals surface area (Å²) in [6.45, 7) is 4.57. The highest BCUT2D eigenvalue weighted by atomic mass is 16.2. The van der Waals surface area contributed by atoms with Crippen molar-refractivity contribution in [1.82, 2.24) is 14.8 Å². The van der Waals surface area contributed by atoms with Crippen molar-refractivity contribution in [3.8, 4) is 0 Å². The fourth-order valence-electron chi connectivity index (χ4n) is 3.13. The van der Waals surface area contributed by atoms with Crippen LogP contribution in [-0.2, 0) is 4.79 Å². The maximum Gasteiger partial charge on any atom is 0.256 e. The fourth-order valence-corrected chi connectivity index (χ4v) is 3.13. The molecule has 1 fully saturated rings. The molecule has 0 radical (unpaired) electrons. The van der Waals surface area contributed by atoms with Crippen LogP contribution in [0.3, 0.4) is 0 Å². The molecule has 0 saturated carbocycles. The van der Waals surface area contributed by atoms with Crippen molar-refractivity contribution in [2.75, 3.05) is 26.2 Å². The van der Waals surface area contributed by atoms with E-state index in [1.54, 1.807) is 6.20 Å². The molecule has 6 nitrogen and oxygen atoms in total. The molecule has 0 bridgehead atoms. The van der Waals surface area contributed by atoms with E-state index in [9.17, 15) is 9.59 Å². The van der Waals surface area contributed by atoms with Gasteiger partial charge in [0.15, 0.2) is 0 Å². The molecular formula is C17H22N4O2. The van der Waals surface area contributed by atoms with Gasteiger partial charge in [0.05, 0.1) is 11.6 Å². The number of rotatable bonds is 3. The second kappa shape index (κ2) is 6.42. The van der Waals surface area contributed by atoms with Crippen LogP contribution in [-0.4, -0.2) is 58.8 Å². The number of primary amides is 1. The van der Waals surface area contributed by atoms with Crippen LogP contribution in [0.4, 0.5) is 0 Å². The van der Waals surface area contributed by atoms with E-state index in [0.717, 1.165) is 23.9 Å². The lowest BCUT2D eigenvalue weighted by Gasteiger charge is -2.25. The van der Waals surface area contributed by atoms with E-state index >= 15 is 0 Å². The van der Waals surface area contributed by atoms with Crippen LogP contribution in [0.25, 0.3) is 10.9 Å². The number of nitrogens with zero attached hydrogens (tertiary/aromatic N) is 2. The zero-order valence-electron chi connectivity index (χ0n) is 13.3. The molecule has 2 amide bonds. The number of nitrogens with two attached hydrogens (primary N) is 1. The summed E-state index contributed by atoms with van der Waals surface area (Å²) in [6.07, 6.45) is 2.62. The molecule has 1 aromatic heterocycles. The number of aromatic nitrogens is 1. The minimum atomic E-state index is -0.318. The quantitative estimate of drug-likeness (QED) is 0.893. The molecule has 6 heteroatoms. The van der Waals surface area contributed by atoms with Gasteiger partial charge in [-0.25, -0.2) is 0 Å². The first-order chi connectivity index (χ1) is 11.1. The number of benzene rings is 1. The number of H-pyrrole nitrogens is 1. The average molecular weight is 314 g/mol. The lowest BCUT2D eigenvalue weighted by atomic mass is 10.1. The van der Waals surface area contributed by atoms with Crippen molar-refractivity contribution < 1.29 is 9.59 Å². The minimum Gasteiger partial charge on any atom is -0.368 e. The van der Waals surface area contributed by atoms with E-state index in [4.69, 9.17) is 5.73 Å². The Balaban J connectivity index is 1.75. The molecule has 2 heterocycles. The van der Waals surface area contributed by atoms with E-state index < -0.39 is 0 Å². The standard InChI is InChI=1S/C17H22N4O2/c1-12(16(18)22)20-7-4-8-21(10-9-20)17(23)14-11-19-15-6-3-2-5-13(14)15/h2-3,5-6,11-12,19H,4,7-10H2,1H3,(H2,18,22). The van der Waals surface area contributed by atoms with Gasteiger partial charge in [0, 0.05) is 43.3 Å².